The summed E-state index contributed by atoms with van der Waals surface area (Å²) in [5.74, 6) is -2.18. The second-order valence-electron chi connectivity index (χ2n) is 3.03. The van der Waals surface area contributed by atoms with Crippen molar-refractivity contribution in [3.05, 3.63) is 29.8 Å². The molecule has 0 fully saturated rings. The van der Waals surface area contributed by atoms with Crippen molar-refractivity contribution in [3.8, 4) is 0 Å². The van der Waals surface area contributed by atoms with Crippen LogP contribution in [0.4, 0.5) is 5.69 Å². The van der Waals surface area contributed by atoms with Crippen LogP contribution in [0.2, 0.25) is 0 Å². The molecule has 0 saturated heterocycles. The summed E-state index contributed by atoms with van der Waals surface area (Å²) in [5.41, 5.74) is 0.966. The Hall–Kier alpha value is -1.68. The highest BCUT2D eigenvalue weighted by Crippen LogP contribution is 2.26. The van der Waals surface area contributed by atoms with Gasteiger partial charge in [-0.3, -0.25) is 9.79 Å². The zero-order valence-electron chi connectivity index (χ0n) is 7.51. The summed E-state index contributed by atoms with van der Waals surface area (Å²) in [6, 6.07) is 6.79. The van der Waals surface area contributed by atoms with Gasteiger partial charge in [0.05, 0.1) is 5.69 Å². The molecular formula is C10H6ClNO3. The van der Waals surface area contributed by atoms with E-state index in [-0.39, 0.29) is 5.78 Å². The Morgan fingerprint density at radius 2 is 2.13 bits per heavy atom. The van der Waals surface area contributed by atoms with Crippen LogP contribution in [-0.4, -0.2) is 18.0 Å². The van der Waals surface area contributed by atoms with Gasteiger partial charge in [0, 0.05) is 11.8 Å². The van der Waals surface area contributed by atoms with E-state index in [0.717, 1.165) is 0 Å². The maximum Gasteiger partial charge on any atom is 0.340 e. The summed E-state index contributed by atoms with van der Waals surface area (Å²) in [4.78, 5) is 26.9. The highest BCUT2D eigenvalue weighted by atomic mass is 35.5. The number of carbonyl (C=O) groups excluding carboxylic acids is 2. The summed E-state index contributed by atoms with van der Waals surface area (Å²) in [5, 5.41) is 0. The number of fused-ring (bicyclic) bond motifs is 1. The smallest absolute Gasteiger partial charge is 0.340 e. The molecule has 0 aromatic heterocycles. The lowest BCUT2D eigenvalue weighted by molar-refractivity contribution is -0.134. The van der Waals surface area contributed by atoms with Gasteiger partial charge in [-0.2, -0.15) is 0 Å². The molecule has 0 aliphatic carbocycles. The first-order valence-corrected chi connectivity index (χ1v) is 4.55. The van der Waals surface area contributed by atoms with E-state index in [1.807, 2.05) is 0 Å². The fourth-order valence-corrected chi connectivity index (χ4v) is 1.50. The number of para-hydroxylation sites is 1. The van der Waals surface area contributed by atoms with Gasteiger partial charge in [-0.25, -0.2) is 4.79 Å². The van der Waals surface area contributed by atoms with E-state index in [0.29, 0.717) is 11.3 Å². The summed E-state index contributed by atoms with van der Waals surface area (Å²) in [7, 11) is 0. The van der Waals surface area contributed by atoms with Crippen molar-refractivity contribution in [1.82, 2.24) is 0 Å². The quantitative estimate of drug-likeness (QED) is 0.684. The molecule has 0 spiro atoms. The van der Waals surface area contributed by atoms with Crippen LogP contribution < -0.4 is 0 Å². The molecule has 0 N–H and O–H groups in total. The molecule has 1 unspecified atom stereocenters. The number of hydrogen-bond donors (Lipinski definition) is 0. The van der Waals surface area contributed by atoms with Gasteiger partial charge in [0.1, 0.15) is 11.9 Å². The van der Waals surface area contributed by atoms with Gasteiger partial charge in [-0.1, -0.05) is 12.1 Å². The van der Waals surface area contributed by atoms with Crippen molar-refractivity contribution >= 4 is 35.5 Å². The number of Topliss-reactive ketones (excluding diaryl/α,β-unsaturated/α-hetero) is 1. The molecule has 5 heteroatoms. The average Bonchev–Trinajstić information content (AvgIpc) is 2.29. The fourth-order valence-electron chi connectivity index (χ4n) is 1.40. The van der Waals surface area contributed by atoms with Crippen LogP contribution in [-0.2, 0) is 9.08 Å². The third kappa shape index (κ3) is 1.64. The Morgan fingerprint density at radius 3 is 2.87 bits per heavy atom. The third-order valence-electron chi connectivity index (χ3n) is 2.14. The predicted octanol–water partition coefficient (Wildman–Crippen LogP) is 1.90. The van der Waals surface area contributed by atoms with E-state index < -0.39 is 11.9 Å². The highest BCUT2D eigenvalue weighted by Gasteiger charge is 2.31. The third-order valence-corrected chi connectivity index (χ3v) is 2.30. The van der Waals surface area contributed by atoms with Crippen molar-refractivity contribution in [2.45, 2.75) is 0 Å². The highest BCUT2D eigenvalue weighted by molar-refractivity contribution is 6.25. The number of nitrogens with zero attached hydrogens (tertiary/aromatic N) is 1. The first-order chi connectivity index (χ1) is 7.24. The minimum Gasteiger partial charge on any atom is -0.346 e. The second kappa shape index (κ2) is 3.82. The number of hydrogen-bond acceptors (Lipinski definition) is 4. The number of rotatable bonds is 1. The van der Waals surface area contributed by atoms with Gasteiger partial charge in [-0.15, -0.1) is 0 Å². The molecule has 4 nitrogen and oxygen atoms in total. The Labute approximate surface area is 90.7 Å². The van der Waals surface area contributed by atoms with Crippen molar-refractivity contribution in [2.75, 3.05) is 0 Å². The van der Waals surface area contributed by atoms with Crippen molar-refractivity contribution in [2.24, 2.45) is 10.9 Å². The molecule has 0 saturated carbocycles. The topological polar surface area (TPSA) is 55.7 Å². The maximum atomic E-state index is 11.8. The Morgan fingerprint density at radius 1 is 1.40 bits per heavy atom. The van der Waals surface area contributed by atoms with Crippen LogP contribution >= 0.6 is 11.9 Å². The molecular weight excluding hydrogens is 218 g/mol. The summed E-state index contributed by atoms with van der Waals surface area (Å²) in [6.45, 7) is 0. The van der Waals surface area contributed by atoms with E-state index in [1.165, 1.54) is 6.21 Å². The Bertz CT molecular complexity index is 456. The molecule has 1 aromatic carbocycles. The second-order valence-corrected chi connectivity index (χ2v) is 3.19. The van der Waals surface area contributed by atoms with Crippen LogP contribution in [0.3, 0.4) is 0 Å². The van der Waals surface area contributed by atoms with Gasteiger partial charge < -0.3 is 4.29 Å². The molecule has 0 radical (unpaired) electrons. The molecule has 1 aromatic rings. The standard InChI is InChI=1S/C10H6ClNO3/c11-15-10(14)7-5-12-8-4-2-1-3-6(8)9(7)13/h1-5,7H. The molecule has 1 aliphatic rings. The number of aliphatic imine (C=N–C) groups is 1. The monoisotopic (exact) mass is 223 g/mol. The van der Waals surface area contributed by atoms with Crippen molar-refractivity contribution in [3.63, 3.8) is 0 Å². The van der Waals surface area contributed by atoms with Gasteiger partial charge in [0.25, 0.3) is 0 Å². The largest absolute Gasteiger partial charge is 0.346 e. The lowest BCUT2D eigenvalue weighted by Gasteiger charge is -2.13. The van der Waals surface area contributed by atoms with E-state index in [4.69, 9.17) is 11.9 Å². The fraction of sp³-hybridized carbons (Fsp3) is 0.100. The number of ketones is 1. The minimum absolute atomic E-state index is 0.341. The van der Waals surface area contributed by atoms with Gasteiger partial charge in [-0.05, 0) is 12.1 Å². The zero-order chi connectivity index (χ0) is 10.8. The first-order valence-electron chi connectivity index (χ1n) is 4.24. The van der Waals surface area contributed by atoms with Crippen LogP contribution in [0.25, 0.3) is 0 Å². The van der Waals surface area contributed by atoms with E-state index >= 15 is 0 Å². The summed E-state index contributed by atoms with van der Waals surface area (Å²) in [6.07, 6.45) is 1.25. The molecule has 1 aliphatic heterocycles. The average molecular weight is 224 g/mol. The summed E-state index contributed by atoms with van der Waals surface area (Å²) < 4.78 is 4.00. The molecule has 2 rings (SSSR count). The zero-order valence-corrected chi connectivity index (χ0v) is 8.27. The Kier molecular flexibility index (Phi) is 2.51. The van der Waals surface area contributed by atoms with Crippen molar-refractivity contribution in [1.29, 1.82) is 0 Å². The van der Waals surface area contributed by atoms with Gasteiger partial charge in [0.15, 0.2) is 11.7 Å². The van der Waals surface area contributed by atoms with E-state index in [2.05, 4.69) is 9.28 Å². The molecule has 0 bridgehead atoms. The minimum atomic E-state index is -1.03. The lowest BCUT2D eigenvalue weighted by Crippen LogP contribution is -2.27. The van der Waals surface area contributed by atoms with Gasteiger partial charge in [0.2, 0.25) is 0 Å². The first kappa shape index (κ1) is 9.86. The van der Waals surface area contributed by atoms with Crippen LogP contribution in [0.15, 0.2) is 29.3 Å². The SMILES string of the molecule is O=C(OCl)C1C=Nc2ccccc2C1=O. The summed E-state index contributed by atoms with van der Waals surface area (Å²) >= 11 is 4.91. The van der Waals surface area contributed by atoms with E-state index in [1.54, 1.807) is 24.3 Å². The molecule has 15 heavy (non-hydrogen) atoms. The number of benzene rings is 1. The predicted molar refractivity (Wildman–Crippen MR) is 54.4 cm³/mol. The molecule has 0 amide bonds. The van der Waals surface area contributed by atoms with Gasteiger partial charge >= 0.3 is 5.97 Å². The Balaban J connectivity index is 2.42. The lowest BCUT2D eigenvalue weighted by atomic mass is 9.95. The van der Waals surface area contributed by atoms with E-state index in [9.17, 15) is 9.59 Å². The molecule has 1 atom stereocenters. The number of halogens is 1. The van der Waals surface area contributed by atoms with Crippen LogP contribution in [0.1, 0.15) is 10.4 Å². The number of carbonyl (C=O) groups is 2. The van der Waals surface area contributed by atoms with Crippen LogP contribution in [0.5, 0.6) is 0 Å². The maximum absolute atomic E-state index is 11.8. The normalized spacial score (nSPS) is 18.5. The van der Waals surface area contributed by atoms with Crippen molar-refractivity contribution < 1.29 is 13.9 Å². The molecule has 1 heterocycles. The van der Waals surface area contributed by atoms with Crippen LogP contribution in [0, 0.1) is 5.92 Å². The molecule has 76 valence electrons.